The standard InChI is InChI=1S/C30H36N2O6/c1-34-25-12-11-21(16-26(25)35-2)15-24-23-17-27(36-3)30(38-5)29(37-4)22(23)13-14-32(24)19-28(33)31-18-20-9-7-6-8-10-20/h6-12,16-17,24H,13-15,18-19H2,1-5H3,(H,31,33). The van der Waals surface area contributed by atoms with Crippen LogP contribution in [0, 0.1) is 0 Å². The maximum absolute atomic E-state index is 13.1. The van der Waals surface area contributed by atoms with Gasteiger partial charge in [0.1, 0.15) is 0 Å². The maximum atomic E-state index is 13.1. The molecule has 0 saturated carbocycles. The van der Waals surface area contributed by atoms with E-state index < -0.39 is 0 Å². The summed E-state index contributed by atoms with van der Waals surface area (Å²) in [6.07, 6.45) is 1.37. The summed E-state index contributed by atoms with van der Waals surface area (Å²) in [6, 6.07) is 17.7. The van der Waals surface area contributed by atoms with Crippen LogP contribution in [-0.4, -0.2) is 59.4 Å². The van der Waals surface area contributed by atoms with Crippen LogP contribution in [-0.2, 0) is 24.2 Å². The molecule has 3 aromatic carbocycles. The van der Waals surface area contributed by atoms with E-state index in [1.165, 1.54) is 0 Å². The third-order valence-corrected chi connectivity index (χ3v) is 6.97. The van der Waals surface area contributed by atoms with Gasteiger partial charge in [-0.15, -0.1) is 0 Å². The Bertz CT molecular complexity index is 1250. The topological polar surface area (TPSA) is 78.5 Å². The van der Waals surface area contributed by atoms with Gasteiger partial charge < -0.3 is 29.0 Å². The average molecular weight is 521 g/mol. The molecule has 0 aromatic heterocycles. The molecule has 0 fully saturated rings. The second kappa shape index (κ2) is 12.6. The van der Waals surface area contributed by atoms with Crippen molar-refractivity contribution in [2.45, 2.75) is 25.4 Å². The van der Waals surface area contributed by atoms with Crippen molar-refractivity contribution in [3.8, 4) is 28.7 Å². The van der Waals surface area contributed by atoms with Gasteiger partial charge in [0, 0.05) is 24.7 Å². The minimum Gasteiger partial charge on any atom is -0.493 e. The largest absolute Gasteiger partial charge is 0.493 e. The average Bonchev–Trinajstić information content (AvgIpc) is 2.96. The summed E-state index contributed by atoms with van der Waals surface area (Å²) in [7, 11) is 8.12. The van der Waals surface area contributed by atoms with Gasteiger partial charge in [-0.05, 0) is 47.7 Å². The van der Waals surface area contributed by atoms with Crippen molar-refractivity contribution < 1.29 is 28.5 Å². The van der Waals surface area contributed by atoms with Gasteiger partial charge in [-0.25, -0.2) is 0 Å². The summed E-state index contributed by atoms with van der Waals surface area (Å²) in [4.78, 5) is 15.3. The monoisotopic (exact) mass is 520 g/mol. The van der Waals surface area contributed by atoms with Gasteiger partial charge >= 0.3 is 0 Å². The molecule has 8 nitrogen and oxygen atoms in total. The molecule has 0 bridgehead atoms. The van der Waals surface area contributed by atoms with Crippen molar-refractivity contribution in [2.24, 2.45) is 0 Å². The van der Waals surface area contributed by atoms with Crippen LogP contribution in [0.15, 0.2) is 54.6 Å². The number of ether oxygens (including phenoxy) is 5. The van der Waals surface area contributed by atoms with Crippen LogP contribution in [0.25, 0.3) is 0 Å². The molecule has 1 N–H and O–H groups in total. The van der Waals surface area contributed by atoms with E-state index in [1.807, 2.05) is 54.6 Å². The molecule has 1 unspecified atom stereocenters. The van der Waals surface area contributed by atoms with Crippen molar-refractivity contribution in [2.75, 3.05) is 48.6 Å². The molecule has 1 heterocycles. The SMILES string of the molecule is COc1ccc(CC2c3cc(OC)c(OC)c(OC)c3CCN2CC(=O)NCc2ccccc2)cc1OC. The van der Waals surface area contributed by atoms with Gasteiger partial charge in [0.2, 0.25) is 11.7 Å². The van der Waals surface area contributed by atoms with Gasteiger partial charge in [0.15, 0.2) is 23.0 Å². The number of hydrogen-bond acceptors (Lipinski definition) is 7. The predicted octanol–water partition coefficient (Wildman–Crippen LogP) is 4.19. The second-order valence-corrected chi connectivity index (χ2v) is 9.11. The number of carbonyl (C=O) groups excluding carboxylic acids is 1. The maximum Gasteiger partial charge on any atom is 0.234 e. The fourth-order valence-corrected chi connectivity index (χ4v) is 5.09. The second-order valence-electron chi connectivity index (χ2n) is 9.11. The zero-order valence-electron chi connectivity index (χ0n) is 22.7. The first-order valence-electron chi connectivity index (χ1n) is 12.6. The Kier molecular flexibility index (Phi) is 8.97. The number of benzene rings is 3. The third kappa shape index (κ3) is 5.81. The van der Waals surface area contributed by atoms with Crippen LogP contribution in [0.4, 0.5) is 0 Å². The minimum atomic E-state index is -0.104. The van der Waals surface area contributed by atoms with Gasteiger partial charge in [-0.3, -0.25) is 9.69 Å². The van der Waals surface area contributed by atoms with Crippen LogP contribution >= 0.6 is 0 Å². The lowest BCUT2D eigenvalue weighted by Crippen LogP contribution is -2.43. The van der Waals surface area contributed by atoms with Gasteiger partial charge in [-0.2, -0.15) is 0 Å². The summed E-state index contributed by atoms with van der Waals surface area (Å²) >= 11 is 0. The number of rotatable bonds is 11. The molecule has 1 amide bonds. The fourth-order valence-electron chi connectivity index (χ4n) is 5.09. The lowest BCUT2D eigenvalue weighted by Gasteiger charge is -2.38. The van der Waals surface area contributed by atoms with E-state index in [1.54, 1.807) is 35.5 Å². The summed E-state index contributed by atoms with van der Waals surface area (Å²) in [5.41, 5.74) is 4.24. The van der Waals surface area contributed by atoms with Crippen molar-refractivity contribution >= 4 is 5.91 Å². The highest BCUT2D eigenvalue weighted by Gasteiger charge is 2.34. The molecule has 8 heteroatoms. The number of nitrogens with one attached hydrogen (secondary N) is 1. The van der Waals surface area contributed by atoms with Gasteiger partial charge in [0.05, 0.1) is 42.1 Å². The van der Waals surface area contributed by atoms with Crippen LogP contribution in [0.5, 0.6) is 28.7 Å². The summed E-state index contributed by atoms with van der Waals surface area (Å²) in [5, 5.41) is 3.06. The Morgan fingerprint density at radius 3 is 2.18 bits per heavy atom. The Morgan fingerprint density at radius 2 is 1.53 bits per heavy atom. The number of carbonyl (C=O) groups is 1. The first-order valence-corrected chi connectivity index (χ1v) is 12.6. The van der Waals surface area contributed by atoms with Crippen molar-refractivity contribution in [3.05, 3.63) is 76.9 Å². The van der Waals surface area contributed by atoms with E-state index >= 15 is 0 Å². The normalized spacial score (nSPS) is 14.8. The van der Waals surface area contributed by atoms with Gasteiger partial charge in [-0.1, -0.05) is 36.4 Å². The van der Waals surface area contributed by atoms with Gasteiger partial charge in [0.25, 0.3) is 0 Å². The lowest BCUT2D eigenvalue weighted by molar-refractivity contribution is -0.123. The number of amides is 1. The van der Waals surface area contributed by atoms with Crippen LogP contribution in [0.2, 0.25) is 0 Å². The molecule has 1 atom stereocenters. The minimum absolute atomic E-state index is 0.0259. The molecule has 0 saturated heterocycles. The molecule has 1 aliphatic rings. The summed E-state index contributed by atoms with van der Waals surface area (Å²) in [6.45, 7) is 1.44. The first kappa shape index (κ1) is 27.1. The molecule has 38 heavy (non-hydrogen) atoms. The van der Waals surface area contributed by atoms with E-state index in [0.29, 0.717) is 54.7 Å². The molecule has 4 rings (SSSR count). The zero-order valence-corrected chi connectivity index (χ0v) is 22.7. The summed E-state index contributed by atoms with van der Waals surface area (Å²) in [5.74, 6) is 3.15. The van der Waals surface area contributed by atoms with Crippen molar-refractivity contribution in [1.29, 1.82) is 0 Å². The predicted molar refractivity (Wildman–Crippen MR) is 146 cm³/mol. The quantitative estimate of drug-likeness (QED) is 0.406. The molecular formula is C30H36N2O6. The third-order valence-electron chi connectivity index (χ3n) is 6.97. The molecule has 3 aromatic rings. The molecular weight excluding hydrogens is 484 g/mol. The Labute approximate surface area is 224 Å². The molecule has 0 spiro atoms. The number of nitrogens with zero attached hydrogens (tertiary/aromatic N) is 1. The smallest absolute Gasteiger partial charge is 0.234 e. The molecule has 0 radical (unpaired) electrons. The lowest BCUT2D eigenvalue weighted by atomic mass is 9.87. The highest BCUT2D eigenvalue weighted by atomic mass is 16.5. The Hall–Kier alpha value is -3.91. The summed E-state index contributed by atoms with van der Waals surface area (Å²) < 4.78 is 28.1. The van der Waals surface area contributed by atoms with E-state index in [4.69, 9.17) is 23.7 Å². The highest BCUT2D eigenvalue weighted by Crippen LogP contribution is 2.47. The van der Waals surface area contributed by atoms with Crippen LogP contribution < -0.4 is 29.0 Å². The van der Waals surface area contributed by atoms with E-state index in [2.05, 4.69) is 10.2 Å². The Balaban J connectivity index is 1.67. The Morgan fingerprint density at radius 1 is 0.816 bits per heavy atom. The molecule has 202 valence electrons. The van der Waals surface area contributed by atoms with E-state index in [0.717, 1.165) is 22.3 Å². The van der Waals surface area contributed by atoms with Crippen LogP contribution in [0.3, 0.4) is 0 Å². The van der Waals surface area contributed by atoms with Crippen molar-refractivity contribution in [3.63, 3.8) is 0 Å². The van der Waals surface area contributed by atoms with Crippen LogP contribution in [0.1, 0.15) is 28.3 Å². The number of methoxy groups -OCH3 is 5. The first-order chi connectivity index (χ1) is 18.5. The number of fused-ring (bicyclic) bond motifs is 1. The van der Waals surface area contributed by atoms with E-state index in [-0.39, 0.29) is 18.5 Å². The zero-order chi connectivity index (χ0) is 27.1. The number of hydrogen-bond donors (Lipinski definition) is 1. The molecule has 0 aliphatic carbocycles. The van der Waals surface area contributed by atoms with Crippen molar-refractivity contribution in [1.82, 2.24) is 10.2 Å². The fraction of sp³-hybridized carbons (Fsp3) is 0.367. The highest BCUT2D eigenvalue weighted by molar-refractivity contribution is 5.78. The van der Waals surface area contributed by atoms with E-state index in [9.17, 15) is 4.79 Å². The molecule has 1 aliphatic heterocycles.